The van der Waals surface area contributed by atoms with E-state index >= 15 is 0 Å². The number of nitrogens with zero attached hydrogens (tertiary/aromatic N) is 1. The molecule has 0 bridgehead atoms. The first-order chi connectivity index (χ1) is 8.93. The third-order valence-corrected chi connectivity index (χ3v) is 3.59. The average Bonchev–Trinajstić information content (AvgIpc) is 2.34. The highest BCUT2D eigenvalue weighted by Gasteiger charge is 2.27. The smallest absolute Gasteiger partial charge is 0.320 e. The second kappa shape index (κ2) is 7.82. The molecule has 19 heavy (non-hydrogen) atoms. The molecule has 5 nitrogen and oxygen atoms in total. The number of carboxylic acid groups (broad SMARTS) is 1. The molecule has 1 fully saturated rings. The Morgan fingerprint density at radius 2 is 2.21 bits per heavy atom. The van der Waals surface area contributed by atoms with Crippen LogP contribution in [0.1, 0.15) is 40.5 Å². The molecule has 0 spiro atoms. The summed E-state index contributed by atoms with van der Waals surface area (Å²) in [6.07, 6.45) is 1.92. The molecule has 0 amide bonds. The molecule has 3 unspecified atom stereocenters. The van der Waals surface area contributed by atoms with E-state index in [1.165, 1.54) is 0 Å². The summed E-state index contributed by atoms with van der Waals surface area (Å²) in [5.41, 5.74) is 0. The quantitative estimate of drug-likeness (QED) is 0.732. The molecule has 0 saturated carbocycles. The van der Waals surface area contributed by atoms with Crippen molar-refractivity contribution in [2.24, 2.45) is 0 Å². The van der Waals surface area contributed by atoms with Crippen molar-refractivity contribution in [1.82, 2.24) is 10.2 Å². The lowest BCUT2D eigenvalue weighted by atomic mass is 10.1. The van der Waals surface area contributed by atoms with Crippen molar-refractivity contribution in [2.75, 3.05) is 19.7 Å². The van der Waals surface area contributed by atoms with E-state index in [0.717, 1.165) is 26.1 Å². The van der Waals surface area contributed by atoms with Crippen LogP contribution in [-0.2, 0) is 9.53 Å². The predicted molar refractivity (Wildman–Crippen MR) is 75.4 cm³/mol. The van der Waals surface area contributed by atoms with Gasteiger partial charge in [0.05, 0.1) is 12.7 Å². The molecular formula is C14H28N2O3. The second-order valence-electron chi connectivity index (χ2n) is 5.70. The van der Waals surface area contributed by atoms with Crippen molar-refractivity contribution in [3.05, 3.63) is 0 Å². The Bertz CT molecular complexity index is 284. The van der Waals surface area contributed by atoms with Gasteiger partial charge in [-0.15, -0.1) is 0 Å². The molecule has 1 heterocycles. The zero-order valence-corrected chi connectivity index (χ0v) is 12.6. The first-order valence-electron chi connectivity index (χ1n) is 7.28. The Morgan fingerprint density at radius 1 is 1.53 bits per heavy atom. The number of nitrogens with one attached hydrogen (secondary N) is 1. The van der Waals surface area contributed by atoms with Crippen molar-refractivity contribution in [2.45, 2.75) is 64.8 Å². The van der Waals surface area contributed by atoms with Gasteiger partial charge in [0, 0.05) is 25.2 Å². The van der Waals surface area contributed by atoms with Gasteiger partial charge in [0.2, 0.25) is 0 Å². The molecule has 1 rings (SSSR count). The molecular weight excluding hydrogens is 244 g/mol. The van der Waals surface area contributed by atoms with Crippen molar-refractivity contribution in [1.29, 1.82) is 0 Å². The van der Waals surface area contributed by atoms with Crippen molar-refractivity contribution < 1.29 is 14.6 Å². The Labute approximate surface area is 116 Å². The summed E-state index contributed by atoms with van der Waals surface area (Å²) in [6, 6.07) is 0.145. The summed E-state index contributed by atoms with van der Waals surface area (Å²) in [5.74, 6) is -0.761. The van der Waals surface area contributed by atoms with E-state index in [-0.39, 0.29) is 12.1 Å². The average molecular weight is 272 g/mol. The SMILES string of the molecule is CCC1COC(C)CN1CCC(NC(C)C)C(=O)O. The topological polar surface area (TPSA) is 61.8 Å². The van der Waals surface area contributed by atoms with Crippen LogP contribution in [0.25, 0.3) is 0 Å². The van der Waals surface area contributed by atoms with Crippen molar-refractivity contribution in [3.63, 3.8) is 0 Å². The molecule has 0 aromatic rings. The molecule has 0 aromatic carbocycles. The minimum atomic E-state index is -0.761. The van der Waals surface area contributed by atoms with Crippen LogP contribution in [0.15, 0.2) is 0 Å². The van der Waals surface area contributed by atoms with Gasteiger partial charge in [0.15, 0.2) is 0 Å². The van der Waals surface area contributed by atoms with Crippen LogP contribution in [0.5, 0.6) is 0 Å². The fourth-order valence-corrected chi connectivity index (χ4v) is 2.54. The highest BCUT2D eigenvalue weighted by atomic mass is 16.5. The van der Waals surface area contributed by atoms with Crippen LogP contribution in [0.4, 0.5) is 0 Å². The monoisotopic (exact) mass is 272 g/mol. The fraction of sp³-hybridized carbons (Fsp3) is 0.929. The molecule has 0 aliphatic carbocycles. The minimum Gasteiger partial charge on any atom is -0.480 e. The normalized spacial score (nSPS) is 26.6. The lowest BCUT2D eigenvalue weighted by Crippen LogP contribution is -2.51. The van der Waals surface area contributed by atoms with E-state index in [0.29, 0.717) is 12.5 Å². The number of aliphatic carboxylic acids is 1. The number of hydrogen-bond donors (Lipinski definition) is 2. The number of carbonyl (C=O) groups is 1. The lowest BCUT2D eigenvalue weighted by molar-refractivity contribution is -0.140. The summed E-state index contributed by atoms with van der Waals surface area (Å²) in [7, 11) is 0. The zero-order valence-electron chi connectivity index (χ0n) is 12.6. The second-order valence-corrected chi connectivity index (χ2v) is 5.70. The van der Waals surface area contributed by atoms with Crippen LogP contribution < -0.4 is 5.32 Å². The Kier molecular flexibility index (Phi) is 6.75. The summed E-state index contributed by atoms with van der Waals surface area (Å²) < 4.78 is 5.66. The van der Waals surface area contributed by atoms with Gasteiger partial charge in [-0.3, -0.25) is 9.69 Å². The molecule has 3 atom stereocenters. The number of ether oxygens (including phenoxy) is 1. The van der Waals surface area contributed by atoms with Gasteiger partial charge in [-0.25, -0.2) is 0 Å². The number of hydrogen-bond acceptors (Lipinski definition) is 4. The third-order valence-electron chi connectivity index (χ3n) is 3.59. The fourth-order valence-electron chi connectivity index (χ4n) is 2.54. The molecule has 1 aliphatic rings. The Morgan fingerprint density at radius 3 is 2.74 bits per heavy atom. The number of carboxylic acids is 1. The summed E-state index contributed by atoms with van der Waals surface area (Å²) in [4.78, 5) is 13.6. The molecule has 112 valence electrons. The highest BCUT2D eigenvalue weighted by molar-refractivity contribution is 5.73. The zero-order chi connectivity index (χ0) is 14.4. The standard InChI is InChI=1S/C14H28N2O3/c1-5-12-9-19-11(4)8-16(12)7-6-13(14(17)18)15-10(2)3/h10-13,15H,5-9H2,1-4H3,(H,17,18). The number of rotatable bonds is 7. The van der Waals surface area contributed by atoms with Gasteiger partial charge >= 0.3 is 5.97 Å². The van der Waals surface area contributed by atoms with E-state index in [4.69, 9.17) is 4.74 Å². The Balaban J connectivity index is 2.49. The van der Waals surface area contributed by atoms with E-state index in [2.05, 4.69) is 24.1 Å². The number of morpholine rings is 1. The largest absolute Gasteiger partial charge is 0.480 e. The summed E-state index contributed by atoms with van der Waals surface area (Å²) in [6.45, 7) is 10.6. The first kappa shape index (κ1) is 16.4. The van der Waals surface area contributed by atoms with Crippen molar-refractivity contribution in [3.8, 4) is 0 Å². The third kappa shape index (κ3) is 5.47. The van der Waals surface area contributed by atoms with Crippen LogP contribution in [-0.4, -0.2) is 59.9 Å². The van der Waals surface area contributed by atoms with Gasteiger partial charge in [-0.2, -0.15) is 0 Å². The molecule has 2 N–H and O–H groups in total. The van der Waals surface area contributed by atoms with Crippen molar-refractivity contribution >= 4 is 5.97 Å². The van der Waals surface area contributed by atoms with Crippen LogP contribution >= 0.6 is 0 Å². The van der Waals surface area contributed by atoms with Gasteiger partial charge in [0.1, 0.15) is 6.04 Å². The summed E-state index contributed by atoms with van der Waals surface area (Å²) in [5, 5.41) is 12.3. The minimum absolute atomic E-state index is 0.187. The Hall–Kier alpha value is -0.650. The predicted octanol–water partition coefficient (Wildman–Crippen LogP) is 1.33. The molecule has 5 heteroatoms. The highest BCUT2D eigenvalue weighted by Crippen LogP contribution is 2.15. The molecule has 1 saturated heterocycles. The van der Waals surface area contributed by atoms with E-state index in [1.54, 1.807) is 0 Å². The maximum atomic E-state index is 11.2. The van der Waals surface area contributed by atoms with Gasteiger partial charge in [-0.1, -0.05) is 20.8 Å². The lowest BCUT2D eigenvalue weighted by Gasteiger charge is -2.38. The molecule has 0 aromatic heterocycles. The molecule has 1 aliphatic heterocycles. The van der Waals surface area contributed by atoms with Gasteiger partial charge in [-0.05, 0) is 19.8 Å². The summed E-state index contributed by atoms with van der Waals surface area (Å²) >= 11 is 0. The van der Waals surface area contributed by atoms with Crippen LogP contribution in [0.2, 0.25) is 0 Å². The maximum Gasteiger partial charge on any atom is 0.320 e. The van der Waals surface area contributed by atoms with Gasteiger partial charge < -0.3 is 15.2 Å². The van der Waals surface area contributed by atoms with Crippen LogP contribution in [0, 0.1) is 0 Å². The first-order valence-corrected chi connectivity index (χ1v) is 7.28. The van der Waals surface area contributed by atoms with Gasteiger partial charge in [0.25, 0.3) is 0 Å². The van der Waals surface area contributed by atoms with E-state index < -0.39 is 12.0 Å². The molecule has 0 radical (unpaired) electrons. The van der Waals surface area contributed by atoms with E-state index in [9.17, 15) is 9.90 Å². The maximum absolute atomic E-state index is 11.2. The van der Waals surface area contributed by atoms with Crippen LogP contribution in [0.3, 0.4) is 0 Å². The van der Waals surface area contributed by atoms with E-state index in [1.807, 2.05) is 13.8 Å².